The van der Waals surface area contributed by atoms with Crippen LogP contribution in [-0.4, -0.2) is 51.7 Å². The molecule has 0 radical (unpaired) electrons. The van der Waals surface area contributed by atoms with Crippen molar-refractivity contribution in [3.05, 3.63) is 40.6 Å². The molecule has 136 valence electrons. The normalized spacial score (nSPS) is 21.4. The Balaban J connectivity index is 1.90. The highest BCUT2D eigenvalue weighted by atomic mass is 32.2. The molecule has 1 aliphatic heterocycles. The average molecular weight is 383 g/mol. The molecule has 8 heteroatoms. The van der Waals surface area contributed by atoms with Gasteiger partial charge < -0.3 is 14.6 Å². The molecule has 1 aliphatic rings. The SMILES string of the molecule is COc1ccc(S(=O)(=O)N2C[C@H](CO)[C@@H](c3ccsc3)C2)cc1OC. The van der Waals surface area contributed by atoms with Crippen LogP contribution in [0, 0.1) is 5.92 Å². The number of hydrogen-bond acceptors (Lipinski definition) is 6. The van der Waals surface area contributed by atoms with Gasteiger partial charge in [0, 0.05) is 37.6 Å². The zero-order chi connectivity index (χ0) is 18.0. The molecule has 6 nitrogen and oxygen atoms in total. The number of aliphatic hydroxyl groups is 1. The van der Waals surface area contributed by atoms with Crippen molar-refractivity contribution in [2.24, 2.45) is 5.92 Å². The van der Waals surface area contributed by atoms with E-state index in [0.717, 1.165) is 5.56 Å². The second-order valence-electron chi connectivity index (χ2n) is 5.94. The molecule has 2 atom stereocenters. The second kappa shape index (κ2) is 7.33. The van der Waals surface area contributed by atoms with Gasteiger partial charge in [0.05, 0.1) is 19.1 Å². The van der Waals surface area contributed by atoms with E-state index in [1.165, 1.54) is 30.7 Å². The van der Waals surface area contributed by atoms with E-state index in [2.05, 4.69) is 0 Å². The minimum absolute atomic E-state index is 0.00571. The van der Waals surface area contributed by atoms with Crippen molar-refractivity contribution < 1.29 is 23.0 Å². The molecule has 0 saturated carbocycles. The van der Waals surface area contributed by atoms with Crippen LogP contribution < -0.4 is 9.47 Å². The molecule has 2 heterocycles. The first kappa shape index (κ1) is 18.2. The lowest BCUT2D eigenvalue weighted by molar-refractivity contribution is 0.223. The summed E-state index contributed by atoms with van der Waals surface area (Å²) in [7, 11) is -0.699. The Morgan fingerprint density at radius 2 is 1.96 bits per heavy atom. The lowest BCUT2D eigenvalue weighted by Gasteiger charge is -2.17. The fourth-order valence-electron chi connectivity index (χ4n) is 3.20. The van der Waals surface area contributed by atoms with Gasteiger partial charge in [0.15, 0.2) is 11.5 Å². The van der Waals surface area contributed by atoms with E-state index in [4.69, 9.17) is 9.47 Å². The van der Waals surface area contributed by atoms with Crippen molar-refractivity contribution in [3.8, 4) is 11.5 Å². The van der Waals surface area contributed by atoms with Gasteiger partial charge in [0.2, 0.25) is 10.0 Å². The number of rotatable bonds is 6. The van der Waals surface area contributed by atoms with Gasteiger partial charge in [0.25, 0.3) is 0 Å². The zero-order valence-corrected chi connectivity index (χ0v) is 15.7. The first-order chi connectivity index (χ1) is 12.0. The van der Waals surface area contributed by atoms with Crippen LogP contribution in [0.4, 0.5) is 0 Å². The minimum Gasteiger partial charge on any atom is -0.493 e. The topological polar surface area (TPSA) is 76.1 Å². The quantitative estimate of drug-likeness (QED) is 0.827. The third-order valence-electron chi connectivity index (χ3n) is 4.61. The first-order valence-corrected chi connectivity index (χ1v) is 10.2. The number of thiophene rings is 1. The fourth-order valence-corrected chi connectivity index (χ4v) is 5.47. The maximum atomic E-state index is 13.0. The largest absolute Gasteiger partial charge is 0.493 e. The second-order valence-corrected chi connectivity index (χ2v) is 8.66. The number of ether oxygens (including phenoxy) is 2. The standard InChI is InChI=1S/C17H21NO5S2/c1-22-16-4-3-14(7-17(16)23-2)25(20,21)18-8-13(10-19)15(9-18)12-5-6-24-11-12/h3-7,11,13,15,19H,8-10H2,1-2H3/t13-,15-/m1/s1. The summed E-state index contributed by atoms with van der Waals surface area (Å²) >= 11 is 1.57. The summed E-state index contributed by atoms with van der Waals surface area (Å²) in [5, 5.41) is 13.7. The van der Waals surface area contributed by atoms with E-state index in [1.807, 2.05) is 16.8 Å². The molecule has 0 bridgehead atoms. The molecule has 0 aliphatic carbocycles. The van der Waals surface area contributed by atoms with E-state index >= 15 is 0 Å². The van der Waals surface area contributed by atoms with E-state index < -0.39 is 10.0 Å². The number of aliphatic hydroxyl groups excluding tert-OH is 1. The highest BCUT2D eigenvalue weighted by molar-refractivity contribution is 7.89. The highest BCUT2D eigenvalue weighted by Crippen LogP contribution is 2.37. The van der Waals surface area contributed by atoms with Gasteiger partial charge in [-0.25, -0.2) is 8.42 Å². The van der Waals surface area contributed by atoms with Gasteiger partial charge in [-0.2, -0.15) is 15.6 Å². The van der Waals surface area contributed by atoms with Crippen LogP contribution in [0.3, 0.4) is 0 Å². The van der Waals surface area contributed by atoms with E-state index in [0.29, 0.717) is 24.6 Å². The summed E-state index contributed by atoms with van der Waals surface area (Å²) in [6.45, 7) is 0.616. The Morgan fingerprint density at radius 3 is 2.56 bits per heavy atom. The lowest BCUT2D eigenvalue weighted by Crippen LogP contribution is -2.29. The van der Waals surface area contributed by atoms with Crippen LogP contribution >= 0.6 is 11.3 Å². The van der Waals surface area contributed by atoms with Gasteiger partial charge in [-0.05, 0) is 34.5 Å². The van der Waals surface area contributed by atoms with Crippen LogP contribution in [0.5, 0.6) is 11.5 Å². The molecule has 1 saturated heterocycles. The van der Waals surface area contributed by atoms with Gasteiger partial charge >= 0.3 is 0 Å². The first-order valence-electron chi connectivity index (χ1n) is 7.86. The number of sulfonamides is 1. The molecule has 0 amide bonds. The number of benzene rings is 1. The lowest BCUT2D eigenvalue weighted by atomic mass is 9.92. The number of hydrogen-bond donors (Lipinski definition) is 1. The Hall–Kier alpha value is -1.61. The van der Waals surface area contributed by atoms with Crippen molar-refractivity contribution in [3.63, 3.8) is 0 Å². The molecule has 1 aromatic heterocycles. The van der Waals surface area contributed by atoms with Gasteiger partial charge in [-0.1, -0.05) is 0 Å². The molecular formula is C17H21NO5S2. The summed E-state index contributed by atoms with van der Waals surface area (Å²) in [6.07, 6.45) is 0. The molecule has 2 aromatic rings. The van der Waals surface area contributed by atoms with Gasteiger partial charge in [-0.3, -0.25) is 0 Å². The van der Waals surface area contributed by atoms with Crippen molar-refractivity contribution >= 4 is 21.4 Å². The third-order valence-corrected chi connectivity index (χ3v) is 7.14. The summed E-state index contributed by atoms with van der Waals surface area (Å²) in [6, 6.07) is 6.56. The molecule has 0 unspecified atom stereocenters. The molecule has 25 heavy (non-hydrogen) atoms. The summed E-state index contributed by atoms with van der Waals surface area (Å²) in [5.74, 6) is 0.749. The van der Waals surface area contributed by atoms with Crippen LogP contribution in [-0.2, 0) is 10.0 Å². The summed E-state index contributed by atoms with van der Waals surface area (Å²) in [5.41, 5.74) is 1.08. The smallest absolute Gasteiger partial charge is 0.243 e. The molecule has 1 aromatic carbocycles. The molecule has 1 N–H and O–H groups in total. The molecule has 3 rings (SSSR count). The van der Waals surface area contributed by atoms with Crippen LogP contribution in [0.1, 0.15) is 11.5 Å². The van der Waals surface area contributed by atoms with Gasteiger partial charge in [0.1, 0.15) is 0 Å². The van der Waals surface area contributed by atoms with E-state index in [9.17, 15) is 13.5 Å². The third kappa shape index (κ3) is 3.39. The zero-order valence-electron chi connectivity index (χ0n) is 14.1. The number of nitrogens with zero attached hydrogens (tertiary/aromatic N) is 1. The molecular weight excluding hydrogens is 362 g/mol. The predicted octanol–water partition coefficient (Wildman–Crippen LogP) is 2.16. The Bertz CT molecular complexity index is 820. The van der Waals surface area contributed by atoms with Crippen LogP contribution in [0.2, 0.25) is 0 Å². The van der Waals surface area contributed by atoms with Crippen molar-refractivity contribution in [1.82, 2.24) is 4.31 Å². The molecule has 0 spiro atoms. The van der Waals surface area contributed by atoms with E-state index in [-0.39, 0.29) is 23.3 Å². The Labute approximate surface area is 151 Å². The van der Waals surface area contributed by atoms with Crippen LogP contribution in [0.15, 0.2) is 39.9 Å². The van der Waals surface area contributed by atoms with Gasteiger partial charge in [-0.15, -0.1) is 0 Å². The molecule has 1 fully saturated rings. The maximum absolute atomic E-state index is 13.0. The minimum atomic E-state index is -3.67. The van der Waals surface area contributed by atoms with Crippen molar-refractivity contribution in [2.75, 3.05) is 33.9 Å². The summed E-state index contributed by atoms with van der Waals surface area (Å²) in [4.78, 5) is 0.160. The maximum Gasteiger partial charge on any atom is 0.243 e. The average Bonchev–Trinajstić information content (AvgIpc) is 3.29. The summed E-state index contributed by atoms with van der Waals surface area (Å²) < 4.78 is 37.9. The van der Waals surface area contributed by atoms with Crippen molar-refractivity contribution in [2.45, 2.75) is 10.8 Å². The monoisotopic (exact) mass is 383 g/mol. The number of methoxy groups -OCH3 is 2. The fraction of sp³-hybridized carbons (Fsp3) is 0.412. The van der Waals surface area contributed by atoms with Crippen LogP contribution in [0.25, 0.3) is 0 Å². The van der Waals surface area contributed by atoms with Crippen molar-refractivity contribution in [1.29, 1.82) is 0 Å². The predicted molar refractivity (Wildman–Crippen MR) is 95.9 cm³/mol. The highest BCUT2D eigenvalue weighted by Gasteiger charge is 2.40. The Kier molecular flexibility index (Phi) is 5.33. The Morgan fingerprint density at radius 1 is 1.20 bits per heavy atom. The van der Waals surface area contributed by atoms with E-state index in [1.54, 1.807) is 17.4 Å².